The van der Waals surface area contributed by atoms with Gasteiger partial charge < -0.3 is 10.9 Å². The van der Waals surface area contributed by atoms with Gasteiger partial charge in [-0.15, -0.1) is 0 Å². The number of rotatable bonds is 4. The number of methoxy groups -OCH3 is 1. The van der Waals surface area contributed by atoms with E-state index in [1.807, 2.05) is 0 Å². The summed E-state index contributed by atoms with van der Waals surface area (Å²) >= 11 is 0. The summed E-state index contributed by atoms with van der Waals surface area (Å²) in [5.74, 6) is 0. The van der Waals surface area contributed by atoms with Gasteiger partial charge in [-0.25, -0.2) is 0 Å². The molecule has 0 aromatic rings. The van der Waals surface area contributed by atoms with Gasteiger partial charge in [-0.1, -0.05) is 0 Å². The molecular weight excluding hydrogens is 115 g/mol. The summed E-state index contributed by atoms with van der Waals surface area (Å²) in [6.07, 6.45) is -0.0660. The number of carbonyl (C=O) groups excluding carboxylic acids is 1. The fourth-order valence-corrected chi connectivity index (χ4v) is 0.327. The first kappa shape index (κ1) is 11.9. The molecule has 0 aliphatic heterocycles. The molecule has 0 aromatic carbocycles. The van der Waals surface area contributed by atoms with Crippen LogP contribution < -0.4 is 18.9 Å². The first-order valence-electron chi connectivity index (χ1n) is 2.44. The van der Waals surface area contributed by atoms with E-state index in [0.29, 0.717) is 12.9 Å². The van der Waals surface area contributed by atoms with Crippen LogP contribution in [-0.4, -0.2) is 26.3 Å². The third kappa shape index (κ3) is 6.07. The van der Waals surface area contributed by atoms with Gasteiger partial charge in [-0.05, 0) is 6.92 Å². The van der Waals surface area contributed by atoms with Crippen LogP contribution in [0.2, 0.25) is 0 Å². The molecule has 0 heterocycles. The van der Waals surface area contributed by atoms with Crippen molar-refractivity contribution in [3.63, 3.8) is 0 Å². The maximum Gasteiger partial charge on any atom is 1.00 e. The van der Waals surface area contributed by atoms with Gasteiger partial charge in [-0.3, -0.25) is 4.79 Å². The summed E-state index contributed by atoms with van der Waals surface area (Å²) in [4.78, 5) is 9.88. The van der Waals surface area contributed by atoms with Crippen LogP contribution in [-0.2, 0) is 14.3 Å². The van der Waals surface area contributed by atoms with Crippen LogP contribution in [0.4, 0.5) is 0 Å². The van der Waals surface area contributed by atoms with E-state index in [1.54, 1.807) is 6.92 Å². The second kappa shape index (κ2) is 8.19. The summed E-state index contributed by atoms with van der Waals surface area (Å²) in [5.41, 5.74) is 0. The minimum absolute atomic E-state index is 0. The van der Waals surface area contributed by atoms with Crippen molar-refractivity contribution >= 4 is 6.29 Å². The maximum absolute atomic E-state index is 9.88. The van der Waals surface area contributed by atoms with Crippen molar-refractivity contribution in [3.8, 4) is 0 Å². The Bertz CT molecular complexity index is 71.9. The van der Waals surface area contributed by atoms with Crippen LogP contribution in [0.1, 0.15) is 8.35 Å². The Balaban J connectivity index is -0.000000245. The molecule has 1 unspecified atom stereocenters. The van der Waals surface area contributed by atoms with Gasteiger partial charge in [0.05, 0.1) is 0 Å². The molecule has 50 valence electrons. The monoisotopic (exact) mass is 126 g/mol. The van der Waals surface area contributed by atoms with Gasteiger partial charge >= 0.3 is 18.9 Å². The van der Waals surface area contributed by atoms with Crippen LogP contribution in [0, 0.1) is 0 Å². The van der Waals surface area contributed by atoms with Crippen molar-refractivity contribution in [2.45, 2.75) is 13.2 Å². The number of aldehydes is 1. The summed E-state index contributed by atoms with van der Waals surface area (Å²) in [5, 5.41) is 0. The zero-order valence-corrected chi connectivity index (χ0v) is 6.09. The molecule has 9 heavy (non-hydrogen) atoms. The zero-order valence-electron chi connectivity index (χ0n) is 7.09. The normalized spacial score (nSPS) is 11.8. The molecule has 4 heteroatoms. The van der Waals surface area contributed by atoms with Crippen LogP contribution in [0.15, 0.2) is 0 Å². The average molecular weight is 126 g/mol. The summed E-state index contributed by atoms with van der Waals surface area (Å²) in [6.45, 7) is 2.30. The molecule has 1 atom stereocenters. The third-order valence-electron chi connectivity index (χ3n) is 0.674. The van der Waals surface area contributed by atoms with E-state index in [0.717, 1.165) is 0 Å². The van der Waals surface area contributed by atoms with Crippen LogP contribution in [0.25, 0.3) is 0 Å². The molecular formula is C5H11LiO3. The quantitative estimate of drug-likeness (QED) is 0.234. The van der Waals surface area contributed by atoms with E-state index >= 15 is 0 Å². The minimum Gasteiger partial charge on any atom is -1.00 e. The molecule has 0 saturated carbocycles. The van der Waals surface area contributed by atoms with Crippen molar-refractivity contribution < 1.29 is 34.6 Å². The van der Waals surface area contributed by atoms with E-state index in [-0.39, 0.29) is 20.3 Å². The predicted octanol–water partition coefficient (Wildman–Crippen LogP) is -2.69. The van der Waals surface area contributed by atoms with Crippen molar-refractivity contribution in [1.82, 2.24) is 0 Å². The Hall–Kier alpha value is 0.187. The first-order valence-corrected chi connectivity index (χ1v) is 2.44. The SMILES string of the molecule is CCOC(C=O)OC.[H-].[Li+]. The van der Waals surface area contributed by atoms with Crippen LogP contribution in [0.3, 0.4) is 0 Å². The number of ether oxygens (including phenoxy) is 2. The van der Waals surface area contributed by atoms with E-state index in [1.165, 1.54) is 7.11 Å². The molecule has 0 spiro atoms. The molecule has 0 amide bonds. The molecule has 0 bridgehead atoms. The second-order valence-corrected chi connectivity index (χ2v) is 1.20. The first-order chi connectivity index (χ1) is 3.85. The van der Waals surface area contributed by atoms with Gasteiger partial charge in [0.25, 0.3) is 0 Å². The Labute approximate surface area is 68.4 Å². The Morgan fingerprint density at radius 1 is 1.78 bits per heavy atom. The zero-order chi connectivity index (χ0) is 6.41. The third-order valence-corrected chi connectivity index (χ3v) is 0.674. The molecule has 0 saturated heterocycles. The van der Waals surface area contributed by atoms with E-state index < -0.39 is 6.29 Å². The second-order valence-electron chi connectivity index (χ2n) is 1.20. The van der Waals surface area contributed by atoms with Gasteiger partial charge in [0.15, 0.2) is 6.29 Å². The number of carbonyl (C=O) groups is 1. The molecule has 0 rings (SSSR count). The maximum atomic E-state index is 9.88. The fraction of sp³-hybridized carbons (Fsp3) is 0.800. The molecule has 0 radical (unpaired) electrons. The molecule has 0 aliphatic carbocycles. The van der Waals surface area contributed by atoms with Crippen molar-refractivity contribution in [2.75, 3.05) is 13.7 Å². The topological polar surface area (TPSA) is 35.5 Å². The van der Waals surface area contributed by atoms with E-state index in [2.05, 4.69) is 4.74 Å². The van der Waals surface area contributed by atoms with Gasteiger partial charge in [-0.2, -0.15) is 0 Å². The fourth-order valence-electron chi connectivity index (χ4n) is 0.327. The minimum atomic E-state index is -0.681. The predicted molar refractivity (Wildman–Crippen MR) is 29.6 cm³/mol. The molecule has 0 N–H and O–H groups in total. The van der Waals surface area contributed by atoms with Crippen molar-refractivity contribution in [2.24, 2.45) is 0 Å². The average Bonchev–Trinajstić information content (AvgIpc) is 1.83. The standard InChI is InChI=1S/C5H10O3.Li.H/c1-3-8-5(4-6)7-2;;/h4-5H,3H2,1-2H3;;/q;+1;-1. The number of hydrogen-bond donors (Lipinski definition) is 0. The molecule has 0 aromatic heterocycles. The van der Waals surface area contributed by atoms with Crippen molar-refractivity contribution in [3.05, 3.63) is 0 Å². The Morgan fingerprint density at radius 2 is 2.33 bits per heavy atom. The van der Waals surface area contributed by atoms with E-state index in [9.17, 15) is 4.79 Å². The molecule has 0 fully saturated rings. The Kier molecular flexibility index (Phi) is 10.8. The van der Waals surface area contributed by atoms with Gasteiger partial charge in [0, 0.05) is 13.7 Å². The smallest absolute Gasteiger partial charge is 1.00 e. The summed E-state index contributed by atoms with van der Waals surface area (Å²) in [7, 11) is 1.43. The molecule has 0 aliphatic rings. The molecule has 3 nitrogen and oxygen atoms in total. The van der Waals surface area contributed by atoms with Crippen molar-refractivity contribution in [1.29, 1.82) is 0 Å². The van der Waals surface area contributed by atoms with E-state index in [4.69, 9.17) is 4.74 Å². The van der Waals surface area contributed by atoms with Crippen LogP contribution in [0.5, 0.6) is 0 Å². The van der Waals surface area contributed by atoms with Crippen LogP contribution >= 0.6 is 0 Å². The summed E-state index contributed by atoms with van der Waals surface area (Å²) < 4.78 is 9.30. The largest absolute Gasteiger partial charge is 1.00 e. The number of hydrogen-bond acceptors (Lipinski definition) is 3. The van der Waals surface area contributed by atoms with Gasteiger partial charge in [0.2, 0.25) is 6.29 Å². The summed E-state index contributed by atoms with van der Waals surface area (Å²) in [6, 6.07) is 0. The van der Waals surface area contributed by atoms with Gasteiger partial charge in [0.1, 0.15) is 0 Å². The Morgan fingerprint density at radius 3 is 2.44 bits per heavy atom.